The molecule has 112 valence electrons. The van der Waals surface area contributed by atoms with Crippen molar-refractivity contribution in [2.75, 3.05) is 7.11 Å². The molecule has 4 heteroatoms. The third kappa shape index (κ3) is 3.15. The van der Waals surface area contributed by atoms with Crippen LogP contribution < -0.4 is 10.1 Å². The van der Waals surface area contributed by atoms with E-state index in [0.717, 1.165) is 22.6 Å². The zero-order chi connectivity index (χ0) is 15.5. The van der Waals surface area contributed by atoms with E-state index in [2.05, 4.69) is 11.4 Å². The summed E-state index contributed by atoms with van der Waals surface area (Å²) in [6.07, 6.45) is 2.54. The van der Waals surface area contributed by atoms with E-state index >= 15 is 0 Å². The van der Waals surface area contributed by atoms with Gasteiger partial charge in [0.15, 0.2) is 0 Å². The first-order chi connectivity index (χ1) is 10.7. The highest BCUT2D eigenvalue weighted by atomic mass is 35.5. The molecular weight excluding hydrogens is 298 g/mol. The fourth-order valence-corrected chi connectivity index (χ4v) is 2.69. The van der Waals surface area contributed by atoms with E-state index in [-0.39, 0.29) is 11.8 Å². The van der Waals surface area contributed by atoms with Gasteiger partial charge < -0.3 is 10.1 Å². The molecule has 0 aliphatic carbocycles. The van der Waals surface area contributed by atoms with E-state index in [4.69, 9.17) is 16.3 Å². The molecule has 1 heterocycles. The molecule has 1 aliphatic heterocycles. The predicted octanol–water partition coefficient (Wildman–Crippen LogP) is 3.99. The van der Waals surface area contributed by atoms with Gasteiger partial charge in [0, 0.05) is 23.1 Å². The molecule has 1 atom stereocenters. The number of benzene rings is 2. The Bertz CT molecular complexity index is 705. The molecule has 3 rings (SSSR count). The normalized spacial score (nSPS) is 17.6. The molecule has 22 heavy (non-hydrogen) atoms. The number of methoxy groups -OCH3 is 1. The quantitative estimate of drug-likeness (QED) is 0.930. The molecule has 0 aromatic heterocycles. The SMILES string of the molecule is COc1ccc(C2=CC(c3ccc(Cl)cc3)CC(=O)N2)cc1. The van der Waals surface area contributed by atoms with Crippen LogP contribution >= 0.6 is 11.6 Å². The number of carbonyl (C=O) groups is 1. The van der Waals surface area contributed by atoms with Gasteiger partial charge in [0.05, 0.1) is 7.11 Å². The first kappa shape index (κ1) is 14.7. The molecule has 1 amide bonds. The number of halogens is 1. The number of rotatable bonds is 3. The Labute approximate surface area is 134 Å². The van der Waals surface area contributed by atoms with Crippen LogP contribution in [0.3, 0.4) is 0 Å². The van der Waals surface area contributed by atoms with Crippen molar-refractivity contribution in [3.8, 4) is 5.75 Å². The van der Waals surface area contributed by atoms with Crippen molar-refractivity contribution in [2.24, 2.45) is 0 Å². The van der Waals surface area contributed by atoms with Crippen LogP contribution in [0, 0.1) is 0 Å². The van der Waals surface area contributed by atoms with E-state index in [9.17, 15) is 4.79 Å². The Kier molecular flexibility index (Phi) is 4.16. The maximum atomic E-state index is 12.0. The molecule has 2 aromatic carbocycles. The number of amides is 1. The Morgan fingerprint density at radius 3 is 2.41 bits per heavy atom. The van der Waals surface area contributed by atoms with E-state index in [0.29, 0.717) is 11.4 Å². The second-order valence-corrected chi connectivity index (χ2v) is 5.66. The van der Waals surface area contributed by atoms with E-state index in [1.165, 1.54) is 0 Å². The van der Waals surface area contributed by atoms with Gasteiger partial charge in [-0.3, -0.25) is 4.79 Å². The maximum absolute atomic E-state index is 12.0. The summed E-state index contributed by atoms with van der Waals surface area (Å²) >= 11 is 5.93. The van der Waals surface area contributed by atoms with E-state index < -0.39 is 0 Å². The molecule has 0 saturated carbocycles. The van der Waals surface area contributed by atoms with Gasteiger partial charge in [-0.15, -0.1) is 0 Å². The number of hydrogen-bond acceptors (Lipinski definition) is 2. The lowest BCUT2D eigenvalue weighted by Gasteiger charge is -2.22. The Morgan fingerprint density at radius 2 is 1.77 bits per heavy atom. The van der Waals surface area contributed by atoms with E-state index in [1.807, 2.05) is 48.5 Å². The first-order valence-electron chi connectivity index (χ1n) is 7.07. The number of hydrogen-bond donors (Lipinski definition) is 1. The van der Waals surface area contributed by atoms with Crippen LogP contribution in [0.2, 0.25) is 5.02 Å². The van der Waals surface area contributed by atoms with Crippen LogP contribution in [-0.2, 0) is 4.79 Å². The zero-order valence-electron chi connectivity index (χ0n) is 12.2. The van der Waals surface area contributed by atoms with E-state index in [1.54, 1.807) is 7.11 Å². The van der Waals surface area contributed by atoms with Crippen LogP contribution in [-0.4, -0.2) is 13.0 Å². The molecule has 1 aliphatic rings. The Balaban J connectivity index is 1.92. The van der Waals surface area contributed by atoms with Crippen LogP contribution in [0.4, 0.5) is 0 Å². The lowest BCUT2D eigenvalue weighted by molar-refractivity contribution is -0.120. The summed E-state index contributed by atoms with van der Waals surface area (Å²) in [5.41, 5.74) is 2.89. The van der Waals surface area contributed by atoms with Gasteiger partial charge in [-0.2, -0.15) is 0 Å². The smallest absolute Gasteiger partial charge is 0.225 e. The van der Waals surface area contributed by atoms with Crippen molar-refractivity contribution >= 4 is 23.2 Å². The molecule has 1 unspecified atom stereocenters. The fraction of sp³-hybridized carbons (Fsp3) is 0.167. The van der Waals surface area contributed by atoms with Gasteiger partial charge in [0.2, 0.25) is 5.91 Å². The summed E-state index contributed by atoms with van der Waals surface area (Å²) in [7, 11) is 1.63. The molecule has 0 fully saturated rings. The number of carbonyl (C=O) groups excluding carboxylic acids is 1. The minimum Gasteiger partial charge on any atom is -0.497 e. The van der Waals surface area contributed by atoms with Crippen molar-refractivity contribution in [1.29, 1.82) is 0 Å². The van der Waals surface area contributed by atoms with Crippen molar-refractivity contribution in [3.63, 3.8) is 0 Å². The second-order valence-electron chi connectivity index (χ2n) is 5.22. The van der Waals surface area contributed by atoms with Crippen LogP contribution in [0.1, 0.15) is 23.5 Å². The third-order valence-electron chi connectivity index (χ3n) is 3.75. The lowest BCUT2D eigenvalue weighted by atomic mass is 9.90. The second kappa shape index (κ2) is 6.24. The van der Waals surface area contributed by atoms with Crippen LogP contribution in [0.5, 0.6) is 5.75 Å². The summed E-state index contributed by atoms with van der Waals surface area (Å²) in [6.45, 7) is 0. The predicted molar refractivity (Wildman–Crippen MR) is 87.9 cm³/mol. The van der Waals surface area contributed by atoms with Crippen molar-refractivity contribution in [2.45, 2.75) is 12.3 Å². The average molecular weight is 314 g/mol. The summed E-state index contributed by atoms with van der Waals surface area (Å²) in [6, 6.07) is 15.3. The molecule has 0 saturated heterocycles. The Hall–Kier alpha value is -2.26. The highest BCUT2D eigenvalue weighted by Crippen LogP contribution is 2.30. The minimum atomic E-state index is 0.0215. The third-order valence-corrected chi connectivity index (χ3v) is 4.00. The maximum Gasteiger partial charge on any atom is 0.225 e. The van der Waals surface area contributed by atoms with Crippen molar-refractivity contribution in [3.05, 3.63) is 70.8 Å². The van der Waals surface area contributed by atoms with Gasteiger partial charge in [-0.1, -0.05) is 29.8 Å². The van der Waals surface area contributed by atoms with Crippen LogP contribution in [0.15, 0.2) is 54.6 Å². The monoisotopic (exact) mass is 313 g/mol. The summed E-state index contributed by atoms with van der Waals surface area (Å²) < 4.78 is 5.16. The summed E-state index contributed by atoms with van der Waals surface area (Å²) in [5, 5.41) is 3.63. The molecule has 1 N–H and O–H groups in total. The van der Waals surface area contributed by atoms with Gasteiger partial charge in [-0.05, 0) is 47.5 Å². The molecular formula is C18H16ClNO2. The highest BCUT2D eigenvalue weighted by Gasteiger charge is 2.21. The van der Waals surface area contributed by atoms with Gasteiger partial charge >= 0.3 is 0 Å². The number of nitrogens with one attached hydrogen (secondary N) is 1. The minimum absolute atomic E-state index is 0.0215. The molecule has 0 bridgehead atoms. The van der Waals surface area contributed by atoms with Crippen LogP contribution in [0.25, 0.3) is 5.70 Å². The standard InChI is InChI=1S/C18H16ClNO2/c1-22-16-8-4-13(5-9-16)17-10-14(11-18(21)20-17)12-2-6-15(19)7-3-12/h2-10,14H,11H2,1H3,(H,20,21). The Morgan fingerprint density at radius 1 is 1.09 bits per heavy atom. The molecule has 3 nitrogen and oxygen atoms in total. The van der Waals surface area contributed by atoms with Gasteiger partial charge in [0.1, 0.15) is 5.75 Å². The summed E-state index contributed by atoms with van der Waals surface area (Å²) in [5.74, 6) is 0.872. The lowest BCUT2D eigenvalue weighted by Crippen LogP contribution is -2.28. The number of allylic oxidation sites excluding steroid dienone is 1. The first-order valence-corrected chi connectivity index (χ1v) is 7.45. The summed E-state index contributed by atoms with van der Waals surface area (Å²) in [4.78, 5) is 12.0. The topological polar surface area (TPSA) is 38.3 Å². The molecule has 2 aromatic rings. The van der Waals surface area contributed by atoms with Crippen molar-refractivity contribution < 1.29 is 9.53 Å². The fourth-order valence-electron chi connectivity index (χ4n) is 2.57. The molecule has 0 spiro atoms. The number of ether oxygens (including phenoxy) is 1. The van der Waals surface area contributed by atoms with Crippen molar-refractivity contribution in [1.82, 2.24) is 5.32 Å². The highest BCUT2D eigenvalue weighted by molar-refractivity contribution is 6.30. The largest absolute Gasteiger partial charge is 0.497 e. The zero-order valence-corrected chi connectivity index (χ0v) is 12.9. The van der Waals surface area contributed by atoms with Gasteiger partial charge in [0.25, 0.3) is 0 Å². The average Bonchev–Trinajstić information content (AvgIpc) is 2.55. The molecule has 0 radical (unpaired) electrons. The van der Waals surface area contributed by atoms with Gasteiger partial charge in [-0.25, -0.2) is 0 Å².